The molecule has 1 N–H and O–H groups in total. The summed E-state index contributed by atoms with van der Waals surface area (Å²) >= 11 is 1.16. The molecule has 0 saturated carbocycles. The van der Waals surface area contributed by atoms with Crippen molar-refractivity contribution in [1.82, 2.24) is 9.88 Å². The molecule has 2 aromatic heterocycles. The van der Waals surface area contributed by atoms with Gasteiger partial charge in [-0.05, 0) is 18.4 Å². The van der Waals surface area contributed by atoms with Crippen LogP contribution in [-0.2, 0) is 10.0 Å². The first-order valence-corrected chi connectivity index (χ1v) is 11.0. The quantitative estimate of drug-likeness (QED) is 0.510. The predicted octanol–water partition coefficient (Wildman–Crippen LogP) is 4.50. The predicted molar refractivity (Wildman–Crippen MR) is 111 cm³/mol. The van der Waals surface area contributed by atoms with Gasteiger partial charge in [-0.2, -0.15) is 0 Å². The number of hydrogen-bond donors (Lipinski definition) is 1. The SMILES string of the molecule is Cc1ccc(-c2onc(-c3ccccc3)c2S(=O)(=O)NC(=O)c2cccs2)cc1. The van der Waals surface area contributed by atoms with Crippen LogP contribution in [0.1, 0.15) is 15.2 Å². The van der Waals surface area contributed by atoms with E-state index in [0.29, 0.717) is 16.0 Å². The lowest BCUT2D eigenvalue weighted by molar-refractivity contribution is 0.0985. The van der Waals surface area contributed by atoms with Crippen molar-refractivity contribution in [3.63, 3.8) is 0 Å². The van der Waals surface area contributed by atoms with E-state index in [9.17, 15) is 13.2 Å². The molecule has 1 amide bonds. The second kappa shape index (κ2) is 7.65. The number of nitrogens with zero attached hydrogens (tertiary/aromatic N) is 1. The van der Waals surface area contributed by atoms with Gasteiger partial charge in [0, 0.05) is 11.1 Å². The van der Waals surface area contributed by atoms with E-state index in [0.717, 1.165) is 16.9 Å². The van der Waals surface area contributed by atoms with Crippen LogP contribution in [0.3, 0.4) is 0 Å². The number of hydrogen-bond acceptors (Lipinski definition) is 6. The fourth-order valence-corrected chi connectivity index (χ4v) is 4.78. The molecule has 0 radical (unpaired) electrons. The number of thiophene rings is 1. The van der Waals surface area contributed by atoms with E-state index in [-0.39, 0.29) is 16.3 Å². The summed E-state index contributed by atoms with van der Waals surface area (Å²) in [4.78, 5) is 12.6. The molecule has 0 fully saturated rings. The standard InChI is InChI=1S/C21H16N2O4S2/c1-14-9-11-16(12-10-14)19-20(18(22-27-19)15-6-3-2-4-7-15)29(25,26)23-21(24)17-8-5-13-28-17/h2-13H,1H3,(H,23,24). The van der Waals surface area contributed by atoms with E-state index in [1.165, 1.54) is 0 Å². The minimum absolute atomic E-state index is 0.0790. The third-order valence-corrected chi connectivity index (χ3v) is 6.49. The van der Waals surface area contributed by atoms with Gasteiger partial charge < -0.3 is 4.52 Å². The molecule has 0 aliphatic heterocycles. The zero-order valence-corrected chi connectivity index (χ0v) is 17.0. The Labute approximate surface area is 171 Å². The summed E-state index contributed by atoms with van der Waals surface area (Å²) in [7, 11) is -4.26. The fraction of sp³-hybridized carbons (Fsp3) is 0.0476. The lowest BCUT2D eigenvalue weighted by Gasteiger charge is -2.08. The Hall–Kier alpha value is -3.23. The van der Waals surface area contributed by atoms with Crippen LogP contribution >= 0.6 is 11.3 Å². The van der Waals surface area contributed by atoms with Gasteiger partial charge in [0.1, 0.15) is 5.69 Å². The number of amides is 1. The molecule has 0 spiro atoms. The van der Waals surface area contributed by atoms with Crippen LogP contribution in [0.25, 0.3) is 22.6 Å². The van der Waals surface area contributed by atoms with Gasteiger partial charge >= 0.3 is 0 Å². The lowest BCUT2D eigenvalue weighted by atomic mass is 10.1. The first-order chi connectivity index (χ1) is 14.0. The van der Waals surface area contributed by atoms with E-state index in [1.54, 1.807) is 53.9 Å². The Balaban J connectivity index is 1.86. The number of carbonyl (C=O) groups excluding carboxylic acids is 1. The van der Waals surface area contributed by atoms with Crippen LogP contribution < -0.4 is 4.72 Å². The molecule has 2 heterocycles. The molecule has 0 bridgehead atoms. The van der Waals surface area contributed by atoms with Gasteiger partial charge in [-0.15, -0.1) is 11.3 Å². The van der Waals surface area contributed by atoms with Gasteiger partial charge in [0.05, 0.1) is 4.88 Å². The Bertz CT molecular complexity index is 1240. The van der Waals surface area contributed by atoms with Crippen LogP contribution in [0, 0.1) is 6.92 Å². The maximum absolute atomic E-state index is 13.2. The molecule has 0 aliphatic carbocycles. The molecule has 2 aromatic carbocycles. The molecule has 8 heteroatoms. The van der Waals surface area contributed by atoms with Crippen LogP contribution in [0.4, 0.5) is 0 Å². The Kier molecular flexibility index (Phi) is 5.04. The zero-order chi connectivity index (χ0) is 20.4. The molecule has 29 heavy (non-hydrogen) atoms. The maximum Gasteiger partial charge on any atom is 0.275 e. The number of rotatable bonds is 5. The highest BCUT2D eigenvalue weighted by Gasteiger charge is 2.32. The Morgan fingerprint density at radius 1 is 0.966 bits per heavy atom. The highest BCUT2D eigenvalue weighted by atomic mass is 32.2. The average Bonchev–Trinajstić information content (AvgIpc) is 3.39. The number of aryl methyl sites for hydroxylation is 1. The summed E-state index contributed by atoms with van der Waals surface area (Å²) in [6, 6.07) is 19.3. The molecule has 146 valence electrons. The molecular formula is C21H16N2O4S2. The van der Waals surface area contributed by atoms with Crippen LogP contribution in [0.2, 0.25) is 0 Å². The molecule has 4 aromatic rings. The molecular weight excluding hydrogens is 408 g/mol. The number of sulfonamides is 1. The van der Waals surface area contributed by atoms with Gasteiger partial charge in [0.15, 0.2) is 10.7 Å². The minimum atomic E-state index is -4.26. The maximum atomic E-state index is 13.2. The third kappa shape index (κ3) is 3.85. The third-order valence-electron chi connectivity index (χ3n) is 4.25. The average molecular weight is 425 g/mol. The van der Waals surface area contributed by atoms with Crippen molar-refractivity contribution in [2.24, 2.45) is 0 Å². The van der Waals surface area contributed by atoms with Crippen molar-refractivity contribution >= 4 is 27.3 Å². The molecule has 6 nitrogen and oxygen atoms in total. The highest BCUT2D eigenvalue weighted by molar-refractivity contribution is 7.90. The van der Waals surface area contributed by atoms with E-state index >= 15 is 0 Å². The second-order valence-electron chi connectivity index (χ2n) is 6.33. The number of benzene rings is 2. The van der Waals surface area contributed by atoms with Crippen LogP contribution in [-0.4, -0.2) is 19.5 Å². The summed E-state index contributed by atoms with van der Waals surface area (Å²) in [6.07, 6.45) is 0. The van der Waals surface area contributed by atoms with Crippen LogP contribution in [0.5, 0.6) is 0 Å². The van der Waals surface area contributed by atoms with Gasteiger partial charge in [0.25, 0.3) is 15.9 Å². The van der Waals surface area contributed by atoms with Gasteiger partial charge in [-0.1, -0.05) is 71.4 Å². The topological polar surface area (TPSA) is 89.3 Å². The van der Waals surface area contributed by atoms with Crippen molar-refractivity contribution in [2.45, 2.75) is 11.8 Å². The molecule has 0 unspecified atom stereocenters. The zero-order valence-electron chi connectivity index (χ0n) is 15.3. The largest absolute Gasteiger partial charge is 0.354 e. The smallest absolute Gasteiger partial charge is 0.275 e. The first-order valence-electron chi connectivity index (χ1n) is 8.68. The van der Waals surface area contributed by atoms with Crippen molar-refractivity contribution < 1.29 is 17.7 Å². The van der Waals surface area contributed by atoms with Crippen molar-refractivity contribution in [3.8, 4) is 22.6 Å². The summed E-state index contributed by atoms with van der Waals surface area (Å²) in [5.74, 6) is -0.620. The fourth-order valence-electron chi connectivity index (χ4n) is 2.83. The van der Waals surface area contributed by atoms with Gasteiger partial charge in [-0.25, -0.2) is 13.1 Å². The summed E-state index contributed by atoms with van der Waals surface area (Å²) in [6.45, 7) is 1.93. The number of nitrogens with one attached hydrogen (secondary N) is 1. The summed E-state index contributed by atoms with van der Waals surface area (Å²) in [5, 5.41) is 5.72. The highest BCUT2D eigenvalue weighted by Crippen LogP contribution is 2.36. The number of carbonyl (C=O) groups is 1. The second-order valence-corrected chi connectivity index (χ2v) is 8.90. The van der Waals surface area contributed by atoms with E-state index in [1.807, 2.05) is 25.1 Å². The van der Waals surface area contributed by atoms with Crippen LogP contribution in [0.15, 0.2) is 81.5 Å². The summed E-state index contributed by atoms with van der Waals surface area (Å²) in [5.41, 5.74) is 2.28. The van der Waals surface area contributed by atoms with E-state index < -0.39 is 15.9 Å². The van der Waals surface area contributed by atoms with E-state index in [2.05, 4.69) is 9.88 Å². The van der Waals surface area contributed by atoms with Crippen molar-refractivity contribution in [2.75, 3.05) is 0 Å². The Morgan fingerprint density at radius 3 is 2.34 bits per heavy atom. The molecule has 0 saturated heterocycles. The molecule has 0 atom stereocenters. The van der Waals surface area contributed by atoms with Crippen molar-refractivity contribution in [3.05, 3.63) is 82.6 Å². The minimum Gasteiger partial charge on any atom is -0.354 e. The number of aromatic nitrogens is 1. The van der Waals surface area contributed by atoms with E-state index in [4.69, 9.17) is 4.52 Å². The summed E-state index contributed by atoms with van der Waals surface area (Å²) < 4.78 is 34.0. The van der Waals surface area contributed by atoms with Gasteiger partial charge in [-0.3, -0.25) is 4.79 Å². The molecule has 0 aliphatic rings. The molecule has 4 rings (SSSR count). The lowest BCUT2D eigenvalue weighted by Crippen LogP contribution is -2.30. The van der Waals surface area contributed by atoms with Crippen molar-refractivity contribution in [1.29, 1.82) is 0 Å². The Morgan fingerprint density at radius 2 is 1.69 bits per heavy atom. The normalized spacial score (nSPS) is 11.3. The first kappa shape index (κ1) is 19.1. The van der Waals surface area contributed by atoms with Gasteiger partial charge in [0.2, 0.25) is 0 Å². The monoisotopic (exact) mass is 424 g/mol.